The number of allylic oxidation sites excluding steroid dienone is 1. The predicted octanol–water partition coefficient (Wildman–Crippen LogP) is 3.59. The molecule has 0 fully saturated rings. The molecule has 0 aromatic heterocycles. The quantitative estimate of drug-likeness (QED) is 0.414. The van der Waals surface area contributed by atoms with Crippen LogP contribution in [-0.4, -0.2) is 41.4 Å². The Morgan fingerprint density at radius 2 is 2.07 bits per heavy atom. The van der Waals surface area contributed by atoms with Gasteiger partial charge in [-0.25, -0.2) is 4.79 Å². The van der Waals surface area contributed by atoms with Gasteiger partial charge >= 0.3 is 5.97 Å². The Labute approximate surface area is 176 Å². The van der Waals surface area contributed by atoms with Gasteiger partial charge in [-0.05, 0) is 57.6 Å². The van der Waals surface area contributed by atoms with E-state index in [1.165, 1.54) is 0 Å². The molecule has 1 aliphatic heterocycles. The molecule has 0 saturated heterocycles. The van der Waals surface area contributed by atoms with Crippen molar-refractivity contribution < 1.29 is 14.3 Å². The number of amides is 1. The highest BCUT2D eigenvalue weighted by atomic mass is 35.5. The third-order valence-electron chi connectivity index (χ3n) is 4.68. The molecule has 0 unspecified atom stereocenters. The van der Waals surface area contributed by atoms with Crippen molar-refractivity contribution in [2.24, 2.45) is 5.41 Å². The SMILES string of the molecule is CCOC(=O)C1=C(C)N(C)C(=S)N[C@H]1c1cccc(NC(=O)C(C)(C)CCl)c1. The number of alkyl halides is 1. The fourth-order valence-corrected chi connectivity index (χ4v) is 3.09. The van der Waals surface area contributed by atoms with Gasteiger partial charge in [-0.15, -0.1) is 11.6 Å². The van der Waals surface area contributed by atoms with Crippen LogP contribution in [0.15, 0.2) is 35.5 Å². The molecule has 0 bridgehead atoms. The lowest BCUT2D eigenvalue weighted by Gasteiger charge is -2.35. The summed E-state index contributed by atoms with van der Waals surface area (Å²) in [6.07, 6.45) is 0. The predicted molar refractivity (Wildman–Crippen MR) is 115 cm³/mol. The minimum Gasteiger partial charge on any atom is -0.463 e. The monoisotopic (exact) mass is 423 g/mol. The van der Waals surface area contributed by atoms with Crippen LogP contribution < -0.4 is 10.6 Å². The van der Waals surface area contributed by atoms with E-state index in [9.17, 15) is 9.59 Å². The Morgan fingerprint density at radius 3 is 2.68 bits per heavy atom. The molecule has 1 heterocycles. The number of carbonyl (C=O) groups excluding carboxylic acids is 2. The summed E-state index contributed by atoms with van der Waals surface area (Å²) in [6.45, 7) is 7.44. The smallest absolute Gasteiger partial charge is 0.338 e. The van der Waals surface area contributed by atoms with E-state index in [-0.39, 0.29) is 18.4 Å². The molecule has 0 aliphatic carbocycles. The molecule has 1 aromatic rings. The largest absolute Gasteiger partial charge is 0.463 e. The number of nitrogens with one attached hydrogen (secondary N) is 2. The molecule has 1 aromatic carbocycles. The van der Waals surface area contributed by atoms with Crippen molar-refractivity contribution in [3.05, 3.63) is 41.1 Å². The van der Waals surface area contributed by atoms with Crippen LogP contribution in [0.3, 0.4) is 0 Å². The number of hydrogen-bond acceptors (Lipinski definition) is 4. The van der Waals surface area contributed by atoms with Crippen LogP contribution in [-0.2, 0) is 14.3 Å². The van der Waals surface area contributed by atoms with E-state index in [2.05, 4.69) is 10.6 Å². The molecule has 152 valence electrons. The second kappa shape index (κ2) is 8.92. The molecular formula is C20H26ClN3O3S. The van der Waals surface area contributed by atoms with E-state index in [4.69, 9.17) is 28.6 Å². The Bertz CT molecular complexity index is 823. The number of rotatable bonds is 6. The first-order valence-electron chi connectivity index (χ1n) is 9.01. The third-order valence-corrected chi connectivity index (χ3v) is 5.74. The average Bonchev–Trinajstić information content (AvgIpc) is 2.66. The van der Waals surface area contributed by atoms with Gasteiger partial charge in [0, 0.05) is 24.3 Å². The van der Waals surface area contributed by atoms with Gasteiger partial charge in [0.25, 0.3) is 0 Å². The summed E-state index contributed by atoms with van der Waals surface area (Å²) >= 11 is 11.3. The Hall–Kier alpha value is -2.12. The minimum absolute atomic E-state index is 0.177. The van der Waals surface area contributed by atoms with Gasteiger partial charge in [0.1, 0.15) is 0 Å². The Morgan fingerprint density at radius 1 is 1.39 bits per heavy atom. The maximum Gasteiger partial charge on any atom is 0.338 e. The topological polar surface area (TPSA) is 70.7 Å². The van der Waals surface area contributed by atoms with Crippen LogP contribution in [0.25, 0.3) is 0 Å². The maximum atomic E-state index is 12.6. The third kappa shape index (κ3) is 4.64. The van der Waals surface area contributed by atoms with Gasteiger partial charge in [0.15, 0.2) is 5.11 Å². The molecule has 8 heteroatoms. The van der Waals surface area contributed by atoms with Crippen LogP contribution in [0.5, 0.6) is 0 Å². The van der Waals surface area contributed by atoms with Crippen molar-refractivity contribution in [3.63, 3.8) is 0 Å². The lowest BCUT2D eigenvalue weighted by Crippen LogP contribution is -2.46. The lowest BCUT2D eigenvalue weighted by atomic mass is 9.93. The first-order chi connectivity index (χ1) is 13.1. The Balaban J connectivity index is 2.41. The lowest BCUT2D eigenvalue weighted by molar-refractivity contribution is -0.139. The van der Waals surface area contributed by atoms with Crippen molar-refractivity contribution in [2.45, 2.75) is 33.7 Å². The zero-order valence-corrected chi connectivity index (χ0v) is 18.3. The van der Waals surface area contributed by atoms with Gasteiger partial charge < -0.3 is 20.3 Å². The number of benzene rings is 1. The number of hydrogen-bond donors (Lipinski definition) is 2. The highest BCUT2D eigenvalue weighted by molar-refractivity contribution is 7.80. The second-order valence-electron chi connectivity index (χ2n) is 7.26. The molecule has 2 N–H and O–H groups in total. The number of carbonyl (C=O) groups is 2. The highest BCUT2D eigenvalue weighted by Crippen LogP contribution is 2.32. The summed E-state index contributed by atoms with van der Waals surface area (Å²) < 4.78 is 5.25. The zero-order valence-electron chi connectivity index (χ0n) is 16.8. The number of thiocarbonyl (C=S) groups is 1. The van der Waals surface area contributed by atoms with E-state index in [0.717, 1.165) is 11.3 Å². The van der Waals surface area contributed by atoms with Gasteiger partial charge in [0.2, 0.25) is 5.91 Å². The molecular weight excluding hydrogens is 398 g/mol. The first-order valence-corrected chi connectivity index (χ1v) is 9.96. The van der Waals surface area contributed by atoms with E-state index in [0.29, 0.717) is 16.4 Å². The van der Waals surface area contributed by atoms with E-state index >= 15 is 0 Å². The van der Waals surface area contributed by atoms with E-state index in [1.807, 2.05) is 25.1 Å². The molecule has 6 nitrogen and oxygen atoms in total. The second-order valence-corrected chi connectivity index (χ2v) is 7.91. The van der Waals surface area contributed by atoms with Crippen LogP contribution >= 0.6 is 23.8 Å². The fraction of sp³-hybridized carbons (Fsp3) is 0.450. The van der Waals surface area contributed by atoms with Gasteiger partial charge in [-0.2, -0.15) is 0 Å². The molecule has 0 spiro atoms. The van der Waals surface area contributed by atoms with Crippen molar-refractivity contribution in [2.75, 3.05) is 24.9 Å². The number of ether oxygens (including phenoxy) is 1. The highest BCUT2D eigenvalue weighted by Gasteiger charge is 2.33. The summed E-state index contributed by atoms with van der Waals surface area (Å²) in [7, 11) is 1.80. The average molecular weight is 424 g/mol. The summed E-state index contributed by atoms with van der Waals surface area (Å²) in [5.41, 5.74) is 1.93. The number of esters is 1. The normalized spacial score (nSPS) is 17.3. The first kappa shape index (κ1) is 22.2. The van der Waals surface area contributed by atoms with Gasteiger partial charge in [0.05, 0.1) is 23.6 Å². The van der Waals surface area contributed by atoms with Crippen molar-refractivity contribution in [1.29, 1.82) is 0 Å². The number of anilines is 1. The number of nitrogens with zero attached hydrogens (tertiary/aromatic N) is 1. The molecule has 0 saturated carbocycles. The number of halogens is 1. The van der Waals surface area contributed by atoms with Crippen molar-refractivity contribution in [3.8, 4) is 0 Å². The van der Waals surface area contributed by atoms with Crippen molar-refractivity contribution >= 4 is 46.5 Å². The summed E-state index contributed by atoms with van der Waals surface area (Å²) in [4.78, 5) is 26.8. The maximum absolute atomic E-state index is 12.6. The molecule has 1 amide bonds. The standard InChI is InChI=1S/C20H26ClN3O3S/c1-6-27-17(25)15-12(2)24(5)19(28)23-16(15)13-8-7-9-14(10-13)22-18(26)20(3,4)11-21/h7-10,16H,6,11H2,1-5H3,(H,22,26)(H,23,28)/t16-/m0/s1. The summed E-state index contributed by atoms with van der Waals surface area (Å²) in [5.74, 6) is -0.369. The molecule has 1 atom stereocenters. The molecule has 2 rings (SSSR count). The minimum atomic E-state index is -0.697. The fourth-order valence-electron chi connectivity index (χ4n) is 2.72. The van der Waals surface area contributed by atoms with E-state index < -0.39 is 17.4 Å². The summed E-state index contributed by atoms with van der Waals surface area (Å²) in [6, 6.07) is 6.83. The van der Waals surface area contributed by atoms with Gasteiger partial charge in [-0.3, -0.25) is 4.79 Å². The van der Waals surface area contributed by atoms with Crippen LogP contribution in [0, 0.1) is 5.41 Å². The Kier molecular flexibility index (Phi) is 7.06. The van der Waals surface area contributed by atoms with Crippen LogP contribution in [0.1, 0.15) is 39.3 Å². The van der Waals surface area contributed by atoms with Crippen molar-refractivity contribution in [1.82, 2.24) is 10.2 Å². The van der Waals surface area contributed by atoms with Crippen LogP contribution in [0.4, 0.5) is 5.69 Å². The van der Waals surface area contributed by atoms with Gasteiger partial charge in [-0.1, -0.05) is 12.1 Å². The molecule has 0 radical (unpaired) electrons. The molecule has 28 heavy (non-hydrogen) atoms. The molecule has 1 aliphatic rings. The zero-order chi connectivity index (χ0) is 21.1. The van der Waals surface area contributed by atoms with E-state index in [1.54, 1.807) is 38.8 Å². The summed E-state index contributed by atoms with van der Waals surface area (Å²) in [5, 5.41) is 6.58. The van der Waals surface area contributed by atoms with Crippen LogP contribution in [0.2, 0.25) is 0 Å².